The maximum absolute atomic E-state index is 13.1. The summed E-state index contributed by atoms with van der Waals surface area (Å²) in [6.45, 7) is 0. The van der Waals surface area contributed by atoms with Crippen LogP contribution in [0.15, 0.2) is 42.5 Å². The van der Waals surface area contributed by atoms with Gasteiger partial charge in [0.05, 0.1) is 14.2 Å². The van der Waals surface area contributed by atoms with Gasteiger partial charge in [-0.3, -0.25) is 4.79 Å². The molecule has 2 rings (SSSR count). The van der Waals surface area contributed by atoms with Crippen LogP contribution < -0.4 is 9.47 Å². The first-order valence-electron chi connectivity index (χ1n) is 6.44. The van der Waals surface area contributed by atoms with Crippen LogP contribution >= 0.6 is 0 Å². The van der Waals surface area contributed by atoms with Crippen molar-refractivity contribution in [2.45, 2.75) is 0 Å². The predicted octanol–water partition coefficient (Wildman–Crippen LogP) is 3.88. The Balaban J connectivity index is 2.22. The zero-order chi connectivity index (χ0) is 16.1. The summed E-state index contributed by atoms with van der Waals surface area (Å²) in [6, 6.07) is 7.82. The normalized spacial score (nSPS) is 10.7. The van der Waals surface area contributed by atoms with Crippen LogP contribution in [-0.4, -0.2) is 20.0 Å². The Morgan fingerprint density at radius 2 is 1.59 bits per heavy atom. The van der Waals surface area contributed by atoms with Gasteiger partial charge in [-0.05, 0) is 35.9 Å². The van der Waals surface area contributed by atoms with E-state index in [0.29, 0.717) is 17.1 Å². The standard InChI is InChI=1S/C17H14F2O3/c1-21-16-6-4-11(7-17(16)22-2)3-5-15(20)12-8-13(18)10-14(19)9-12/h3-10H,1-2H3/b5-3+. The van der Waals surface area contributed by atoms with Gasteiger partial charge in [0, 0.05) is 11.6 Å². The third kappa shape index (κ3) is 3.69. The summed E-state index contributed by atoms with van der Waals surface area (Å²) >= 11 is 0. The maximum atomic E-state index is 13.1. The Morgan fingerprint density at radius 3 is 2.18 bits per heavy atom. The number of ketones is 1. The van der Waals surface area contributed by atoms with Crippen molar-refractivity contribution in [2.24, 2.45) is 0 Å². The van der Waals surface area contributed by atoms with Crippen LogP contribution in [-0.2, 0) is 0 Å². The summed E-state index contributed by atoms with van der Waals surface area (Å²) in [4.78, 5) is 11.9. The molecular weight excluding hydrogens is 290 g/mol. The number of hydrogen-bond donors (Lipinski definition) is 0. The van der Waals surface area contributed by atoms with Gasteiger partial charge in [0.15, 0.2) is 17.3 Å². The van der Waals surface area contributed by atoms with Crippen molar-refractivity contribution < 1.29 is 23.0 Å². The van der Waals surface area contributed by atoms with Gasteiger partial charge in [-0.15, -0.1) is 0 Å². The molecule has 0 saturated carbocycles. The minimum atomic E-state index is -0.789. The van der Waals surface area contributed by atoms with Gasteiger partial charge in [0.1, 0.15) is 11.6 Å². The van der Waals surface area contributed by atoms with Gasteiger partial charge in [-0.2, -0.15) is 0 Å². The fourth-order valence-corrected chi connectivity index (χ4v) is 1.92. The van der Waals surface area contributed by atoms with Gasteiger partial charge in [0.2, 0.25) is 0 Å². The van der Waals surface area contributed by atoms with Gasteiger partial charge in [-0.1, -0.05) is 12.1 Å². The van der Waals surface area contributed by atoms with Crippen LogP contribution in [0.25, 0.3) is 6.08 Å². The van der Waals surface area contributed by atoms with Crippen molar-refractivity contribution in [1.82, 2.24) is 0 Å². The summed E-state index contributed by atoms with van der Waals surface area (Å²) in [5.41, 5.74) is 0.650. The predicted molar refractivity (Wildman–Crippen MR) is 79.3 cm³/mol. The third-order valence-electron chi connectivity index (χ3n) is 2.98. The van der Waals surface area contributed by atoms with Crippen LogP contribution in [0.3, 0.4) is 0 Å². The number of benzene rings is 2. The number of allylic oxidation sites excluding steroid dienone is 1. The van der Waals surface area contributed by atoms with Crippen LogP contribution in [0.4, 0.5) is 8.78 Å². The smallest absolute Gasteiger partial charge is 0.186 e. The topological polar surface area (TPSA) is 35.5 Å². The van der Waals surface area contributed by atoms with E-state index in [1.807, 2.05) is 0 Å². The number of hydrogen-bond acceptors (Lipinski definition) is 3. The van der Waals surface area contributed by atoms with E-state index >= 15 is 0 Å². The molecule has 0 aliphatic heterocycles. The lowest BCUT2D eigenvalue weighted by molar-refractivity contribution is 0.104. The van der Waals surface area contributed by atoms with Gasteiger partial charge in [-0.25, -0.2) is 8.78 Å². The van der Waals surface area contributed by atoms with Crippen LogP contribution in [0.2, 0.25) is 0 Å². The monoisotopic (exact) mass is 304 g/mol. The lowest BCUT2D eigenvalue weighted by Crippen LogP contribution is -1.96. The zero-order valence-electron chi connectivity index (χ0n) is 12.1. The Hall–Kier alpha value is -2.69. The number of carbonyl (C=O) groups is 1. The lowest BCUT2D eigenvalue weighted by Gasteiger charge is -2.07. The van der Waals surface area contributed by atoms with Crippen LogP contribution in [0, 0.1) is 11.6 Å². The molecule has 2 aromatic rings. The van der Waals surface area contributed by atoms with E-state index < -0.39 is 17.4 Å². The summed E-state index contributed by atoms with van der Waals surface area (Å²) in [7, 11) is 3.03. The van der Waals surface area contributed by atoms with Crippen molar-refractivity contribution in [3.8, 4) is 11.5 Å². The summed E-state index contributed by atoms with van der Waals surface area (Å²) in [6.07, 6.45) is 2.78. The molecule has 0 atom stereocenters. The summed E-state index contributed by atoms with van der Waals surface area (Å²) in [5, 5.41) is 0. The van der Waals surface area contributed by atoms with Crippen molar-refractivity contribution in [3.05, 3.63) is 65.2 Å². The van der Waals surface area contributed by atoms with E-state index in [-0.39, 0.29) is 5.56 Å². The molecule has 0 fully saturated rings. The second-order valence-electron chi connectivity index (χ2n) is 4.47. The minimum absolute atomic E-state index is 0.0470. The van der Waals surface area contributed by atoms with E-state index in [9.17, 15) is 13.6 Å². The second kappa shape index (κ2) is 6.85. The van der Waals surface area contributed by atoms with E-state index in [0.717, 1.165) is 18.2 Å². The molecule has 3 nitrogen and oxygen atoms in total. The molecule has 0 N–H and O–H groups in total. The van der Waals surface area contributed by atoms with E-state index in [4.69, 9.17) is 9.47 Å². The molecule has 0 unspecified atom stereocenters. The number of halogens is 2. The van der Waals surface area contributed by atoms with E-state index in [1.54, 1.807) is 18.2 Å². The van der Waals surface area contributed by atoms with Crippen molar-refractivity contribution >= 4 is 11.9 Å². The molecule has 0 heterocycles. The molecule has 0 saturated heterocycles. The Bertz CT molecular complexity index is 704. The molecule has 0 aliphatic carbocycles. The second-order valence-corrected chi connectivity index (χ2v) is 4.47. The van der Waals surface area contributed by atoms with Gasteiger partial charge in [0.25, 0.3) is 0 Å². The van der Waals surface area contributed by atoms with Gasteiger partial charge >= 0.3 is 0 Å². The average Bonchev–Trinajstić information content (AvgIpc) is 2.51. The maximum Gasteiger partial charge on any atom is 0.186 e. The number of methoxy groups -OCH3 is 2. The molecule has 0 aromatic heterocycles. The molecule has 114 valence electrons. The Kier molecular flexibility index (Phi) is 4.88. The highest BCUT2D eigenvalue weighted by Crippen LogP contribution is 2.28. The first-order valence-corrected chi connectivity index (χ1v) is 6.44. The highest BCUT2D eigenvalue weighted by atomic mass is 19.1. The zero-order valence-corrected chi connectivity index (χ0v) is 12.1. The summed E-state index contributed by atoms with van der Waals surface area (Å²) in [5.74, 6) is -0.981. The Morgan fingerprint density at radius 1 is 0.955 bits per heavy atom. The third-order valence-corrected chi connectivity index (χ3v) is 2.98. The fraction of sp³-hybridized carbons (Fsp3) is 0.118. The summed E-state index contributed by atoms with van der Waals surface area (Å²) < 4.78 is 36.4. The molecule has 0 aliphatic rings. The highest BCUT2D eigenvalue weighted by molar-refractivity contribution is 6.06. The van der Waals surface area contributed by atoms with Crippen LogP contribution in [0.5, 0.6) is 11.5 Å². The fourth-order valence-electron chi connectivity index (χ4n) is 1.92. The molecular formula is C17H14F2O3. The number of carbonyl (C=O) groups excluding carboxylic acids is 1. The van der Waals surface area contributed by atoms with Crippen LogP contribution in [0.1, 0.15) is 15.9 Å². The molecule has 22 heavy (non-hydrogen) atoms. The first kappa shape index (κ1) is 15.7. The minimum Gasteiger partial charge on any atom is -0.493 e. The highest BCUT2D eigenvalue weighted by Gasteiger charge is 2.07. The molecule has 0 bridgehead atoms. The molecule has 2 aromatic carbocycles. The van der Waals surface area contributed by atoms with Crippen molar-refractivity contribution in [1.29, 1.82) is 0 Å². The number of ether oxygens (including phenoxy) is 2. The number of rotatable bonds is 5. The SMILES string of the molecule is COc1ccc(/C=C/C(=O)c2cc(F)cc(F)c2)cc1OC. The lowest BCUT2D eigenvalue weighted by atomic mass is 10.1. The first-order chi connectivity index (χ1) is 10.5. The molecule has 0 radical (unpaired) electrons. The molecule has 0 spiro atoms. The quantitative estimate of drug-likeness (QED) is 0.621. The van der Waals surface area contributed by atoms with Crippen molar-refractivity contribution in [2.75, 3.05) is 14.2 Å². The van der Waals surface area contributed by atoms with Crippen molar-refractivity contribution in [3.63, 3.8) is 0 Å². The molecule has 0 amide bonds. The average molecular weight is 304 g/mol. The van der Waals surface area contributed by atoms with E-state index in [2.05, 4.69) is 0 Å². The van der Waals surface area contributed by atoms with E-state index in [1.165, 1.54) is 26.4 Å². The molecule has 5 heteroatoms. The van der Waals surface area contributed by atoms with Gasteiger partial charge < -0.3 is 9.47 Å². The Labute approximate surface area is 126 Å². The largest absolute Gasteiger partial charge is 0.493 e.